The molecule has 1 N–H and O–H groups in total. The Balaban J connectivity index is 3.67. The lowest BCUT2D eigenvalue weighted by molar-refractivity contribution is 0.581. The van der Waals surface area contributed by atoms with E-state index in [1.54, 1.807) is 6.92 Å². The Morgan fingerprint density at radius 1 is 1.55 bits per heavy atom. The van der Waals surface area contributed by atoms with Crippen molar-refractivity contribution in [3.8, 4) is 6.07 Å². The molecule has 0 radical (unpaired) electrons. The summed E-state index contributed by atoms with van der Waals surface area (Å²) < 4.78 is 24.1. The Labute approximate surface area is 67.3 Å². The van der Waals surface area contributed by atoms with Crippen LogP contribution in [0.2, 0.25) is 0 Å². The molecule has 0 aliphatic rings. The van der Waals surface area contributed by atoms with Crippen molar-refractivity contribution in [3.63, 3.8) is 0 Å². The summed E-state index contributed by atoms with van der Waals surface area (Å²) in [6.45, 7) is 2.02. The fourth-order valence-electron chi connectivity index (χ4n) is 0.603. The van der Waals surface area contributed by atoms with Gasteiger partial charge in [0.05, 0.1) is 11.8 Å². The summed E-state index contributed by atoms with van der Waals surface area (Å²) in [5.41, 5.74) is 0. The second-order valence-corrected chi connectivity index (χ2v) is 4.05. The lowest BCUT2D eigenvalue weighted by Crippen LogP contribution is -2.26. The average Bonchev–Trinajstić information content (AvgIpc) is 1.87. The third-order valence-corrected chi connectivity index (χ3v) is 2.62. The van der Waals surface area contributed by atoms with Gasteiger partial charge in [0.1, 0.15) is 0 Å². The maximum Gasteiger partial charge on any atom is 0.211 e. The molecule has 0 saturated heterocycles. The van der Waals surface area contributed by atoms with Crippen LogP contribution in [-0.4, -0.2) is 20.7 Å². The smallest absolute Gasteiger partial charge is 0.211 e. The van der Waals surface area contributed by atoms with Crippen molar-refractivity contribution in [1.29, 1.82) is 5.26 Å². The van der Waals surface area contributed by atoms with Gasteiger partial charge < -0.3 is 0 Å². The lowest BCUT2D eigenvalue weighted by atomic mass is 10.5. The molecule has 0 spiro atoms. The number of sulfonamides is 1. The number of nitrogens with one attached hydrogen (secondary N) is 1. The summed E-state index contributed by atoms with van der Waals surface area (Å²) >= 11 is 0. The summed E-state index contributed by atoms with van der Waals surface area (Å²) in [4.78, 5) is 0. The van der Waals surface area contributed by atoms with E-state index in [1.165, 1.54) is 0 Å². The van der Waals surface area contributed by atoms with E-state index in [9.17, 15) is 8.42 Å². The van der Waals surface area contributed by atoms with Gasteiger partial charge in [0.15, 0.2) is 0 Å². The molecule has 0 bridgehead atoms. The number of hydrogen-bond donors (Lipinski definition) is 1. The summed E-state index contributed by atoms with van der Waals surface area (Å²) in [5, 5.41) is 8.11. The second kappa shape index (κ2) is 5.10. The van der Waals surface area contributed by atoms with E-state index in [-0.39, 0.29) is 18.7 Å². The molecule has 4 nitrogen and oxygen atoms in total. The van der Waals surface area contributed by atoms with Crippen molar-refractivity contribution in [3.05, 3.63) is 0 Å². The van der Waals surface area contributed by atoms with Crippen LogP contribution in [0.3, 0.4) is 0 Å². The Kier molecular flexibility index (Phi) is 4.83. The van der Waals surface area contributed by atoms with Crippen LogP contribution < -0.4 is 4.72 Å². The molecule has 0 amide bonds. The highest BCUT2D eigenvalue weighted by atomic mass is 32.2. The number of nitrogens with zero attached hydrogens (tertiary/aromatic N) is 1. The molecule has 0 fully saturated rings. The fourth-order valence-corrected chi connectivity index (χ4v) is 1.70. The fraction of sp³-hybridized carbons (Fsp3) is 0.833. The Bertz CT molecular complexity index is 227. The molecule has 0 heterocycles. The van der Waals surface area contributed by atoms with Gasteiger partial charge in [-0.3, -0.25) is 0 Å². The predicted octanol–water partition coefficient (Wildman–Crippen LogP) is 0.229. The zero-order valence-electron chi connectivity index (χ0n) is 6.50. The number of rotatable bonds is 5. The first-order valence-corrected chi connectivity index (χ1v) is 5.12. The normalized spacial score (nSPS) is 10.9. The second-order valence-electron chi connectivity index (χ2n) is 2.12. The molecule has 64 valence electrons. The minimum Gasteiger partial charge on any atom is -0.214 e. The van der Waals surface area contributed by atoms with Gasteiger partial charge in [-0.05, 0) is 6.42 Å². The van der Waals surface area contributed by atoms with Gasteiger partial charge in [0.2, 0.25) is 10.0 Å². The predicted molar refractivity (Wildman–Crippen MR) is 42.3 cm³/mol. The lowest BCUT2D eigenvalue weighted by Gasteiger charge is -2.01. The molecular weight excluding hydrogens is 164 g/mol. The monoisotopic (exact) mass is 176 g/mol. The Morgan fingerprint density at radius 3 is 2.64 bits per heavy atom. The van der Waals surface area contributed by atoms with E-state index >= 15 is 0 Å². The minimum atomic E-state index is -3.10. The summed E-state index contributed by atoms with van der Waals surface area (Å²) in [7, 11) is -3.10. The van der Waals surface area contributed by atoms with Crippen molar-refractivity contribution in [2.24, 2.45) is 0 Å². The van der Waals surface area contributed by atoms with Crippen molar-refractivity contribution >= 4 is 10.0 Å². The standard InChI is InChI=1S/C6H12N2O2S/c1-2-6-11(9,10)8-5-3-4-7/h8H,2-3,5-6H2,1H3. The molecule has 0 saturated carbocycles. The van der Waals surface area contributed by atoms with Crippen LogP contribution >= 0.6 is 0 Å². The summed E-state index contributed by atoms with van der Waals surface area (Å²) in [5.74, 6) is 0.137. The molecule has 0 aliphatic heterocycles. The van der Waals surface area contributed by atoms with Gasteiger partial charge >= 0.3 is 0 Å². The van der Waals surface area contributed by atoms with Crippen LogP contribution in [0.15, 0.2) is 0 Å². The maximum absolute atomic E-state index is 10.9. The number of nitriles is 1. The highest BCUT2D eigenvalue weighted by molar-refractivity contribution is 7.89. The van der Waals surface area contributed by atoms with Crippen LogP contribution in [0.25, 0.3) is 0 Å². The first-order valence-electron chi connectivity index (χ1n) is 3.46. The highest BCUT2D eigenvalue weighted by Gasteiger charge is 2.05. The third-order valence-electron chi connectivity index (χ3n) is 1.03. The molecule has 0 rings (SSSR count). The van der Waals surface area contributed by atoms with Crippen LogP contribution in [0.1, 0.15) is 19.8 Å². The third kappa shape index (κ3) is 5.83. The van der Waals surface area contributed by atoms with Crippen LogP contribution in [0.4, 0.5) is 0 Å². The van der Waals surface area contributed by atoms with Crippen LogP contribution in [0.5, 0.6) is 0 Å². The molecule has 0 aromatic rings. The van der Waals surface area contributed by atoms with Crippen molar-refractivity contribution in [1.82, 2.24) is 4.72 Å². The summed E-state index contributed by atoms with van der Waals surface area (Å²) in [6, 6.07) is 1.86. The topological polar surface area (TPSA) is 70.0 Å². The van der Waals surface area contributed by atoms with Crippen LogP contribution in [0, 0.1) is 11.3 Å². The molecule has 0 unspecified atom stereocenters. The minimum absolute atomic E-state index is 0.137. The van der Waals surface area contributed by atoms with Gasteiger partial charge in [0, 0.05) is 13.0 Å². The van der Waals surface area contributed by atoms with E-state index in [0.717, 1.165) is 0 Å². The Hall–Kier alpha value is -0.600. The largest absolute Gasteiger partial charge is 0.214 e. The molecule has 0 aliphatic carbocycles. The van der Waals surface area contributed by atoms with Crippen molar-refractivity contribution in [2.75, 3.05) is 12.3 Å². The van der Waals surface area contributed by atoms with E-state index < -0.39 is 10.0 Å². The first kappa shape index (κ1) is 10.4. The van der Waals surface area contributed by atoms with E-state index in [2.05, 4.69) is 4.72 Å². The average molecular weight is 176 g/mol. The van der Waals surface area contributed by atoms with Gasteiger partial charge in [-0.1, -0.05) is 6.92 Å². The molecule has 0 atom stereocenters. The zero-order valence-corrected chi connectivity index (χ0v) is 7.32. The molecule has 11 heavy (non-hydrogen) atoms. The van der Waals surface area contributed by atoms with Gasteiger partial charge in [-0.15, -0.1) is 0 Å². The van der Waals surface area contributed by atoms with Crippen molar-refractivity contribution in [2.45, 2.75) is 19.8 Å². The first-order chi connectivity index (χ1) is 5.12. The van der Waals surface area contributed by atoms with Crippen molar-refractivity contribution < 1.29 is 8.42 Å². The zero-order chi connectivity index (χ0) is 8.74. The molecule has 5 heteroatoms. The summed E-state index contributed by atoms with van der Waals surface area (Å²) in [6.07, 6.45) is 0.824. The van der Waals surface area contributed by atoms with Gasteiger partial charge in [0.25, 0.3) is 0 Å². The SMILES string of the molecule is CCCS(=O)(=O)NCCC#N. The van der Waals surface area contributed by atoms with Crippen LogP contribution in [-0.2, 0) is 10.0 Å². The Morgan fingerprint density at radius 2 is 2.18 bits per heavy atom. The highest BCUT2D eigenvalue weighted by Crippen LogP contribution is 1.87. The number of hydrogen-bond acceptors (Lipinski definition) is 3. The molecule has 0 aromatic carbocycles. The maximum atomic E-state index is 10.9. The van der Waals surface area contributed by atoms with E-state index in [4.69, 9.17) is 5.26 Å². The van der Waals surface area contributed by atoms with E-state index in [0.29, 0.717) is 6.42 Å². The van der Waals surface area contributed by atoms with Gasteiger partial charge in [-0.2, -0.15) is 5.26 Å². The van der Waals surface area contributed by atoms with Gasteiger partial charge in [-0.25, -0.2) is 13.1 Å². The quantitative estimate of drug-likeness (QED) is 0.609. The molecule has 0 aromatic heterocycles. The van der Waals surface area contributed by atoms with E-state index in [1.807, 2.05) is 6.07 Å². The molecular formula is C6H12N2O2S.